The number of carbonyl (C=O) groups is 1. The van der Waals surface area contributed by atoms with E-state index in [1.807, 2.05) is 30.3 Å². The van der Waals surface area contributed by atoms with Crippen molar-refractivity contribution >= 4 is 65.1 Å². The molecule has 1 N–H and O–H groups in total. The number of amides is 1. The van der Waals surface area contributed by atoms with Gasteiger partial charge in [-0.3, -0.25) is 14.9 Å². The van der Waals surface area contributed by atoms with Gasteiger partial charge in [-0.15, -0.1) is 0 Å². The molecule has 4 nitrogen and oxygen atoms in total. The summed E-state index contributed by atoms with van der Waals surface area (Å²) in [6, 6.07) is 11.1. The van der Waals surface area contributed by atoms with Crippen molar-refractivity contribution in [3.63, 3.8) is 0 Å². The van der Waals surface area contributed by atoms with E-state index in [-0.39, 0.29) is 15.8 Å². The lowest BCUT2D eigenvalue weighted by Gasteiger charge is -2.07. The standard InChI is InChI=1S/C20H18Br2N2O2S/c1-2-3-4-5-12-6-8-13(9-7-12)18(25)24-20-23-17-15(19(26)27-20)10-14(21)11-16(17)22/h6-11H,2-5H2,1H3,(H,23,24,25). The summed E-state index contributed by atoms with van der Waals surface area (Å²) in [5.41, 5.74) is 2.30. The Labute approximate surface area is 178 Å². The summed E-state index contributed by atoms with van der Waals surface area (Å²) in [4.78, 5) is 29.3. The van der Waals surface area contributed by atoms with Gasteiger partial charge in [-0.25, -0.2) is 4.98 Å². The normalized spacial score (nSPS) is 10.9. The first-order valence-corrected chi connectivity index (χ1v) is 11.1. The zero-order valence-corrected chi connectivity index (χ0v) is 18.7. The van der Waals surface area contributed by atoms with Gasteiger partial charge in [-0.1, -0.05) is 59.2 Å². The highest BCUT2D eigenvalue weighted by molar-refractivity contribution is 9.11. The van der Waals surface area contributed by atoms with Crippen LogP contribution in [0.3, 0.4) is 0 Å². The molecule has 3 rings (SSSR count). The fraction of sp³-hybridized carbons (Fsp3) is 0.250. The molecule has 0 saturated carbocycles. The van der Waals surface area contributed by atoms with E-state index in [2.05, 4.69) is 49.1 Å². The number of aryl methyl sites for hydroxylation is 1. The average molecular weight is 510 g/mol. The summed E-state index contributed by atoms with van der Waals surface area (Å²) in [6.07, 6.45) is 4.57. The lowest BCUT2D eigenvalue weighted by atomic mass is 10.1. The van der Waals surface area contributed by atoms with Crippen molar-refractivity contribution in [1.29, 1.82) is 0 Å². The number of hydrogen-bond acceptors (Lipinski definition) is 4. The monoisotopic (exact) mass is 508 g/mol. The molecule has 0 spiro atoms. The highest BCUT2D eigenvalue weighted by Gasteiger charge is 2.12. The second-order valence-corrected chi connectivity index (χ2v) is 8.93. The lowest BCUT2D eigenvalue weighted by Crippen LogP contribution is -2.14. The van der Waals surface area contributed by atoms with Crippen molar-refractivity contribution in [2.24, 2.45) is 0 Å². The number of unbranched alkanes of at least 4 members (excludes halogenated alkanes) is 2. The molecular weight excluding hydrogens is 492 g/mol. The van der Waals surface area contributed by atoms with Crippen molar-refractivity contribution in [3.05, 3.63) is 66.0 Å². The minimum absolute atomic E-state index is 0.149. The molecule has 0 atom stereocenters. The van der Waals surface area contributed by atoms with Gasteiger partial charge in [-0.2, -0.15) is 0 Å². The fourth-order valence-corrected chi connectivity index (χ4v) is 4.76. The highest BCUT2D eigenvalue weighted by atomic mass is 79.9. The Hall–Kier alpha value is -1.57. The van der Waals surface area contributed by atoms with E-state index < -0.39 is 0 Å². The molecule has 0 aliphatic carbocycles. The van der Waals surface area contributed by atoms with Gasteiger partial charge in [0, 0.05) is 14.5 Å². The van der Waals surface area contributed by atoms with E-state index in [0.29, 0.717) is 20.9 Å². The van der Waals surface area contributed by atoms with Crippen LogP contribution < -0.4 is 10.1 Å². The van der Waals surface area contributed by atoms with Gasteiger partial charge in [0.05, 0.1) is 10.9 Å². The minimum Gasteiger partial charge on any atom is -0.298 e. The van der Waals surface area contributed by atoms with E-state index >= 15 is 0 Å². The van der Waals surface area contributed by atoms with E-state index in [0.717, 1.165) is 28.7 Å². The summed E-state index contributed by atoms with van der Waals surface area (Å²) in [6.45, 7) is 2.18. The number of aromatic nitrogens is 1. The molecule has 0 unspecified atom stereocenters. The molecular formula is C20H18Br2N2O2S. The van der Waals surface area contributed by atoms with Crippen LogP contribution >= 0.6 is 43.2 Å². The number of carbonyl (C=O) groups excluding carboxylic acids is 1. The van der Waals surface area contributed by atoms with Gasteiger partial charge in [0.15, 0.2) is 5.13 Å². The molecule has 7 heteroatoms. The molecule has 2 aromatic carbocycles. The largest absolute Gasteiger partial charge is 0.298 e. The molecule has 1 aromatic heterocycles. The molecule has 140 valence electrons. The topological polar surface area (TPSA) is 59.1 Å². The Balaban J connectivity index is 1.78. The predicted octanol–water partition coefficient (Wildman–Crippen LogP) is 6.17. The maximum atomic E-state index is 12.5. The number of hydrogen-bond donors (Lipinski definition) is 1. The first-order valence-electron chi connectivity index (χ1n) is 8.68. The SMILES string of the molecule is CCCCCc1ccc(C(=O)Nc2nc3c(Br)cc(Br)cc3c(=O)s2)cc1. The van der Waals surface area contributed by atoms with Crippen LogP contribution in [0, 0.1) is 0 Å². The molecule has 1 heterocycles. The van der Waals surface area contributed by atoms with E-state index in [9.17, 15) is 9.59 Å². The fourth-order valence-electron chi connectivity index (χ4n) is 2.73. The third-order valence-electron chi connectivity index (χ3n) is 4.16. The Bertz CT molecular complexity index is 1030. The third-order valence-corrected chi connectivity index (χ3v) is 6.01. The van der Waals surface area contributed by atoms with Crippen molar-refractivity contribution in [3.8, 4) is 0 Å². The van der Waals surface area contributed by atoms with Crippen molar-refractivity contribution < 1.29 is 4.79 Å². The van der Waals surface area contributed by atoms with Gasteiger partial charge in [-0.05, 0) is 58.6 Å². The highest BCUT2D eigenvalue weighted by Crippen LogP contribution is 2.27. The number of halogens is 2. The first kappa shape index (κ1) is 20.2. The van der Waals surface area contributed by atoms with Gasteiger partial charge in [0.1, 0.15) is 0 Å². The second-order valence-electron chi connectivity index (χ2n) is 6.20. The average Bonchev–Trinajstić information content (AvgIpc) is 2.63. The maximum absolute atomic E-state index is 12.5. The number of nitrogens with zero attached hydrogens (tertiary/aromatic N) is 1. The number of anilines is 1. The zero-order valence-electron chi connectivity index (χ0n) is 14.7. The predicted molar refractivity (Wildman–Crippen MR) is 119 cm³/mol. The summed E-state index contributed by atoms with van der Waals surface area (Å²) in [7, 11) is 0. The number of nitrogens with one attached hydrogen (secondary N) is 1. The van der Waals surface area contributed by atoms with E-state index in [1.54, 1.807) is 6.07 Å². The third kappa shape index (κ3) is 5.03. The van der Waals surface area contributed by atoms with Gasteiger partial charge in [0.25, 0.3) is 5.91 Å². The van der Waals surface area contributed by atoms with Crippen molar-refractivity contribution in [1.82, 2.24) is 4.98 Å². The molecule has 0 radical (unpaired) electrons. The van der Waals surface area contributed by atoms with Crippen molar-refractivity contribution in [2.45, 2.75) is 32.6 Å². The quantitative estimate of drug-likeness (QED) is 0.404. The molecule has 0 fully saturated rings. The van der Waals surface area contributed by atoms with Crippen LogP contribution in [0.15, 0.2) is 50.1 Å². The maximum Gasteiger partial charge on any atom is 0.257 e. The molecule has 0 saturated heterocycles. The Kier molecular flexibility index (Phi) is 6.78. The van der Waals surface area contributed by atoms with Crippen LogP contribution in [0.25, 0.3) is 10.9 Å². The number of fused-ring (bicyclic) bond motifs is 1. The summed E-state index contributed by atoms with van der Waals surface area (Å²) >= 11 is 7.72. The van der Waals surface area contributed by atoms with Gasteiger partial charge >= 0.3 is 0 Å². The molecule has 3 aromatic rings. The lowest BCUT2D eigenvalue weighted by molar-refractivity contribution is 0.102. The summed E-state index contributed by atoms with van der Waals surface area (Å²) < 4.78 is 1.34. The van der Waals surface area contributed by atoms with Crippen LogP contribution in [0.4, 0.5) is 5.13 Å². The number of benzene rings is 2. The summed E-state index contributed by atoms with van der Waals surface area (Å²) in [5.74, 6) is -0.272. The minimum atomic E-state index is -0.272. The second kappa shape index (κ2) is 9.08. The van der Waals surface area contributed by atoms with Gasteiger partial charge in [0.2, 0.25) is 4.74 Å². The molecule has 0 aliphatic heterocycles. The Morgan fingerprint density at radius 2 is 1.89 bits per heavy atom. The zero-order chi connectivity index (χ0) is 19.4. The molecule has 0 bridgehead atoms. The van der Waals surface area contributed by atoms with E-state index in [4.69, 9.17) is 0 Å². The Morgan fingerprint density at radius 1 is 1.15 bits per heavy atom. The summed E-state index contributed by atoms with van der Waals surface area (Å²) in [5, 5.41) is 3.54. The Morgan fingerprint density at radius 3 is 2.59 bits per heavy atom. The number of rotatable bonds is 6. The smallest absolute Gasteiger partial charge is 0.257 e. The van der Waals surface area contributed by atoms with Gasteiger partial charge < -0.3 is 0 Å². The van der Waals surface area contributed by atoms with Crippen LogP contribution in [-0.4, -0.2) is 10.9 Å². The van der Waals surface area contributed by atoms with Crippen LogP contribution in [0.2, 0.25) is 0 Å². The van der Waals surface area contributed by atoms with Crippen LogP contribution in [0.5, 0.6) is 0 Å². The van der Waals surface area contributed by atoms with Crippen molar-refractivity contribution in [2.75, 3.05) is 5.32 Å². The first-order chi connectivity index (χ1) is 13.0. The molecule has 0 aliphatic rings. The van der Waals surface area contributed by atoms with E-state index in [1.165, 1.54) is 18.4 Å². The van der Waals surface area contributed by atoms with Crippen LogP contribution in [-0.2, 0) is 6.42 Å². The molecule has 27 heavy (non-hydrogen) atoms. The molecule has 1 amide bonds. The van der Waals surface area contributed by atoms with Crippen LogP contribution in [0.1, 0.15) is 42.1 Å².